The minimum Gasteiger partial charge on any atom is -0.492 e. The molecule has 22 heavy (non-hydrogen) atoms. The fourth-order valence-corrected chi connectivity index (χ4v) is 2.23. The molecule has 2 rings (SSSR count). The van der Waals surface area contributed by atoms with Crippen LogP contribution in [0.1, 0.15) is 23.7 Å². The van der Waals surface area contributed by atoms with Crippen LogP contribution in [0.15, 0.2) is 54.6 Å². The molecule has 1 atom stereocenters. The average Bonchev–Trinajstić information content (AvgIpc) is 2.57. The monoisotopic (exact) mass is 298 g/mol. The molecule has 2 aromatic rings. The predicted molar refractivity (Wildman–Crippen MR) is 89.9 cm³/mol. The second-order valence-electron chi connectivity index (χ2n) is 5.23. The standard InChI is InChI=1S/C19H24NO2/c1-2-6-16-9-11-18(12-10-16)22-14-13-20-15-19(21)17-7-4-3-5-8-17/h3-5,7-12,19-21H,1-2,6,13-15H2. The zero-order valence-electron chi connectivity index (χ0n) is 12.9. The van der Waals surface area contributed by atoms with Crippen molar-refractivity contribution in [2.75, 3.05) is 19.7 Å². The molecule has 0 saturated heterocycles. The third-order valence-electron chi connectivity index (χ3n) is 3.46. The van der Waals surface area contributed by atoms with Crippen LogP contribution < -0.4 is 10.1 Å². The Balaban J connectivity index is 1.63. The molecule has 0 aliphatic heterocycles. The van der Waals surface area contributed by atoms with Crippen LogP contribution >= 0.6 is 0 Å². The van der Waals surface area contributed by atoms with Crippen molar-refractivity contribution >= 4 is 0 Å². The lowest BCUT2D eigenvalue weighted by atomic mass is 10.1. The number of aliphatic hydroxyl groups is 1. The molecule has 0 amide bonds. The summed E-state index contributed by atoms with van der Waals surface area (Å²) in [6.07, 6.45) is 1.43. The molecule has 0 aromatic heterocycles. The summed E-state index contributed by atoms with van der Waals surface area (Å²) in [7, 11) is 0. The van der Waals surface area contributed by atoms with Crippen LogP contribution in [0, 0.1) is 6.92 Å². The van der Waals surface area contributed by atoms with Crippen LogP contribution in [-0.2, 0) is 6.42 Å². The van der Waals surface area contributed by atoms with Gasteiger partial charge in [0.2, 0.25) is 0 Å². The molecule has 1 radical (unpaired) electrons. The highest BCUT2D eigenvalue weighted by atomic mass is 16.5. The fraction of sp³-hybridized carbons (Fsp3) is 0.316. The van der Waals surface area contributed by atoms with E-state index in [0.29, 0.717) is 19.7 Å². The second kappa shape index (κ2) is 9.23. The first-order chi connectivity index (χ1) is 10.8. The van der Waals surface area contributed by atoms with E-state index in [2.05, 4.69) is 24.4 Å². The van der Waals surface area contributed by atoms with E-state index in [1.807, 2.05) is 42.5 Å². The first-order valence-electron chi connectivity index (χ1n) is 7.74. The second-order valence-corrected chi connectivity index (χ2v) is 5.23. The minimum atomic E-state index is -0.483. The number of hydrogen-bond acceptors (Lipinski definition) is 3. The minimum absolute atomic E-state index is 0.483. The summed E-state index contributed by atoms with van der Waals surface area (Å²) in [4.78, 5) is 0. The number of nitrogens with one attached hydrogen (secondary N) is 1. The van der Waals surface area contributed by atoms with E-state index in [1.165, 1.54) is 5.56 Å². The smallest absolute Gasteiger partial charge is 0.119 e. The molecule has 2 N–H and O–H groups in total. The summed E-state index contributed by atoms with van der Waals surface area (Å²) in [5.41, 5.74) is 2.21. The zero-order valence-corrected chi connectivity index (χ0v) is 12.9. The summed E-state index contributed by atoms with van der Waals surface area (Å²) >= 11 is 0. The molecular formula is C19H24NO2. The SMILES string of the molecule is [CH2]CCc1ccc(OCCNCC(O)c2ccccc2)cc1. The summed E-state index contributed by atoms with van der Waals surface area (Å²) < 4.78 is 5.67. The molecule has 0 bridgehead atoms. The molecule has 117 valence electrons. The van der Waals surface area contributed by atoms with Gasteiger partial charge < -0.3 is 15.2 Å². The van der Waals surface area contributed by atoms with E-state index < -0.39 is 6.10 Å². The maximum absolute atomic E-state index is 10.0. The van der Waals surface area contributed by atoms with Gasteiger partial charge in [0, 0.05) is 13.1 Å². The van der Waals surface area contributed by atoms with Crippen molar-refractivity contribution in [3.63, 3.8) is 0 Å². The summed E-state index contributed by atoms with van der Waals surface area (Å²) in [5.74, 6) is 0.873. The summed E-state index contributed by atoms with van der Waals surface area (Å²) in [5, 5.41) is 13.2. The quantitative estimate of drug-likeness (QED) is 0.699. The van der Waals surface area contributed by atoms with Crippen molar-refractivity contribution in [1.82, 2.24) is 5.32 Å². The van der Waals surface area contributed by atoms with E-state index in [0.717, 1.165) is 24.2 Å². The number of aryl methyl sites for hydroxylation is 1. The van der Waals surface area contributed by atoms with E-state index in [4.69, 9.17) is 4.74 Å². The van der Waals surface area contributed by atoms with Crippen LogP contribution in [0.2, 0.25) is 0 Å². The van der Waals surface area contributed by atoms with E-state index >= 15 is 0 Å². The van der Waals surface area contributed by atoms with Crippen molar-refractivity contribution in [2.45, 2.75) is 18.9 Å². The Morgan fingerprint density at radius 3 is 2.45 bits per heavy atom. The lowest BCUT2D eigenvalue weighted by Crippen LogP contribution is -2.26. The summed E-state index contributed by atoms with van der Waals surface area (Å²) in [6, 6.07) is 17.8. The number of ether oxygens (including phenoxy) is 1. The molecule has 0 heterocycles. The number of aliphatic hydroxyl groups excluding tert-OH is 1. The van der Waals surface area contributed by atoms with Crippen LogP contribution in [0.5, 0.6) is 5.75 Å². The molecule has 0 spiro atoms. The van der Waals surface area contributed by atoms with E-state index in [1.54, 1.807) is 0 Å². The largest absolute Gasteiger partial charge is 0.492 e. The molecule has 1 unspecified atom stereocenters. The molecule has 2 aromatic carbocycles. The maximum Gasteiger partial charge on any atom is 0.119 e. The average molecular weight is 298 g/mol. The van der Waals surface area contributed by atoms with Gasteiger partial charge in [0.1, 0.15) is 12.4 Å². The third-order valence-corrected chi connectivity index (χ3v) is 3.46. The van der Waals surface area contributed by atoms with Gasteiger partial charge in [-0.3, -0.25) is 0 Å². The van der Waals surface area contributed by atoms with E-state index in [-0.39, 0.29) is 0 Å². The van der Waals surface area contributed by atoms with Crippen LogP contribution in [0.4, 0.5) is 0 Å². The molecule has 3 heteroatoms. The number of benzene rings is 2. The molecule has 0 fully saturated rings. The van der Waals surface area contributed by atoms with Crippen LogP contribution in [-0.4, -0.2) is 24.8 Å². The molecule has 0 aliphatic carbocycles. The Morgan fingerprint density at radius 2 is 1.77 bits per heavy atom. The van der Waals surface area contributed by atoms with Crippen molar-refractivity contribution in [3.8, 4) is 5.75 Å². The topological polar surface area (TPSA) is 41.5 Å². The van der Waals surface area contributed by atoms with Gasteiger partial charge in [-0.1, -0.05) is 49.4 Å². The van der Waals surface area contributed by atoms with Crippen molar-refractivity contribution in [1.29, 1.82) is 0 Å². The molecule has 3 nitrogen and oxygen atoms in total. The van der Waals surface area contributed by atoms with Gasteiger partial charge in [0.25, 0.3) is 0 Å². The Bertz CT molecular complexity index is 525. The number of rotatable bonds is 9. The normalized spacial score (nSPS) is 12.1. The zero-order chi connectivity index (χ0) is 15.6. The Kier molecular flexibility index (Phi) is 6.94. The Labute approximate surface area is 133 Å². The number of hydrogen-bond donors (Lipinski definition) is 2. The van der Waals surface area contributed by atoms with Crippen molar-refractivity contribution in [2.24, 2.45) is 0 Å². The Morgan fingerprint density at radius 1 is 1.05 bits per heavy atom. The third kappa shape index (κ3) is 5.51. The highest BCUT2D eigenvalue weighted by molar-refractivity contribution is 5.27. The highest BCUT2D eigenvalue weighted by Gasteiger charge is 2.05. The van der Waals surface area contributed by atoms with Crippen molar-refractivity contribution < 1.29 is 9.84 Å². The van der Waals surface area contributed by atoms with E-state index in [9.17, 15) is 5.11 Å². The van der Waals surface area contributed by atoms with Crippen LogP contribution in [0.3, 0.4) is 0 Å². The van der Waals surface area contributed by atoms with Gasteiger partial charge in [-0.15, -0.1) is 0 Å². The van der Waals surface area contributed by atoms with Gasteiger partial charge in [-0.2, -0.15) is 0 Å². The maximum atomic E-state index is 10.0. The summed E-state index contributed by atoms with van der Waals surface area (Å²) in [6.45, 7) is 5.65. The first kappa shape index (κ1) is 16.5. The molecule has 0 saturated carbocycles. The highest BCUT2D eigenvalue weighted by Crippen LogP contribution is 2.13. The van der Waals surface area contributed by atoms with Crippen molar-refractivity contribution in [3.05, 3.63) is 72.6 Å². The van der Waals surface area contributed by atoms with Gasteiger partial charge in [0.05, 0.1) is 6.10 Å². The predicted octanol–water partition coefficient (Wildman–Crippen LogP) is 3.16. The lowest BCUT2D eigenvalue weighted by molar-refractivity contribution is 0.172. The van der Waals surface area contributed by atoms with Gasteiger partial charge in [-0.25, -0.2) is 0 Å². The molecular weight excluding hydrogens is 274 g/mol. The fourth-order valence-electron chi connectivity index (χ4n) is 2.23. The van der Waals surface area contributed by atoms with Gasteiger partial charge in [-0.05, 0) is 36.1 Å². The molecule has 0 aliphatic rings. The van der Waals surface area contributed by atoms with Gasteiger partial charge in [0.15, 0.2) is 0 Å². The van der Waals surface area contributed by atoms with Crippen LogP contribution in [0.25, 0.3) is 0 Å². The first-order valence-corrected chi connectivity index (χ1v) is 7.74. The van der Waals surface area contributed by atoms with Gasteiger partial charge >= 0.3 is 0 Å². The lowest BCUT2D eigenvalue weighted by Gasteiger charge is -2.12. The Hall–Kier alpha value is -1.84.